The summed E-state index contributed by atoms with van der Waals surface area (Å²) in [6.45, 7) is 4.52. The Hall–Kier alpha value is -1.79. The molecule has 0 spiro atoms. The van der Waals surface area contributed by atoms with Gasteiger partial charge in [-0.25, -0.2) is 9.78 Å². The number of alkyl halides is 3. The first-order valence-corrected chi connectivity index (χ1v) is 5.71. The summed E-state index contributed by atoms with van der Waals surface area (Å²) in [5, 5.41) is 2.94. The molecule has 1 aromatic heterocycles. The van der Waals surface area contributed by atoms with Crippen LogP contribution in [-0.4, -0.2) is 29.3 Å². The first kappa shape index (κ1) is 15.3. The largest absolute Gasteiger partial charge is 0.448 e. The molecule has 1 N–H and O–H groups in total. The Bertz CT molecular complexity index is 447. The summed E-state index contributed by atoms with van der Waals surface area (Å²) < 4.78 is 41.1. The third-order valence-electron chi connectivity index (χ3n) is 2.14. The predicted octanol–water partition coefficient (Wildman–Crippen LogP) is 3.01. The number of hydrogen-bond donors (Lipinski definition) is 1. The molecule has 0 fully saturated rings. The fourth-order valence-electron chi connectivity index (χ4n) is 1.21. The van der Waals surface area contributed by atoms with E-state index in [0.717, 1.165) is 6.92 Å². The second kappa shape index (κ2) is 5.90. The molecule has 1 aromatic rings. The summed E-state index contributed by atoms with van der Waals surface area (Å²) in [6, 6.07) is 4.53. The number of anilines is 1. The average molecular weight is 276 g/mol. The SMILES string of the molecule is CC(C)Nc1cccc(C(=O)OC(C)C(F)(F)F)n1. The van der Waals surface area contributed by atoms with Crippen LogP contribution in [0.2, 0.25) is 0 Å². The summed E-state index contributed by atoms with van der Waals surface area (Å²) >= 11 is 0. The molecule has 19 heavy (non-hydrogen) atoms. The average Bonchev–Trinajstić information content (AvgIpc) is 2.27. The fraction of sp³-hybridized carbons (Fsp3) is 0.500. The number of ether oxygens (including phenoxy) is 1. The zero-order valence-corrected chi connectivity index (χ0v) is 10.8. The van der Waals surface area contributed by atoms with E-state index < -0.39 is 18.2 Å². The molecule has 4 nitrogen and oxygen atoms in total. The van der Waals surface area contributed by atoms with E-state index in [1.807, 2.05) is 13.8 Å². The van der Waals surface area contributed by atoms with Crippen molar-refractivity contribution in [3.8, 4) is 0 Å². The van der Waals surface area contributed by atoms with Gasteiger partial charge in [0, 0.05) is 6.04 Å². The van der Waals surface area contributed by atoms with Crippen LogP contribution >= 0.6 is 0 Å². The zero-order chi connectivity index (χ0) is 14.6. The van der Waals surface area contributed by atoms with E-state index in [9.17, 15) is 18.0 Å². The van der Waals surface area contributed by atoms with Crippen LogP contribution in [0.1, 0.15) is 31.3 Å². The first-order valence-electron chi connectivity index (χ1n) is 5.71. The molecule has 0 amide bonds. The minimum atomic E-state index is -4.58. The maximum atomic E-state index is 12.3. The minimum absolute atomic E-state index is 0.0906. The van der Waals surface area contributed by atoms with Crippen LogP contribution in [0.5, 0.6) is 0 Å². The standard InChI is InChI=1S/C12H15F3N2O2/c1-7(2)16-10-6-4-5-9(17-10)11(18)19-8(3)12(13,14)15/h4-8H,1-3H3,(H,16,17). The molecule has 0 bridgehead atoms. The van der Waals surface area contributed by atoms with E-state index in [0.29, 0.717) is 5.82 Å². The predicted molar refractivity (Wildman–Crippen MR) is 63.9 cm³/mol. The van der Waals surface area contributed by atoms with Crippen molar-refractivity contribution in [1.82, 2.24) is 4.98 Å². The molecule has 0 saturated carbocycles. The lowest BCUT2D eigenvalue weighted by Gasteiger charge is -2.16. The molecule has 0 aliphatic rings. The van der Waals surface area contributed by atoms with Crippen molar-refractivity contribution >= 4 is 11.8 Å². The molecule has 0 aliphatic carbocycles. The van der Waals surface area contributed by atoms with Crippen LogP contribution in [-0.2, 0) is 4.74 Å². The van der Waals surface area contributed by atoms with E-state index in [2.05, 4.69) is 15.0 Å². The van der Waals surface area contributed by atoms with Crippen molar-refractivity contribution in [3.05, 3.63) is 23.9 Å². The van der Waals surface area contributed by atoms with Crippen LogP contribution in [0.4, 0.5) is 19.0 Å². The number of halogens is 3. The zero-order valence-electron chi connectivity index (χ0n) is 10.8. The lowest BCUT2D eigenvalue weighted by Crippen LogP contribution is -2.31. The van der Waals surface area contributed by atoms with Crippen LogP contribution in [0.25, 0.3) is 0 Å². The van der Waals surface area contributed by atoms with Crippen molar-refractivity contribution in [2.24, 2.45) is 0 Å². The summed E-state index contributed by atoms with van der Waals surface area (Å²) in [5.41, 5.74) is -0.165. The van der Waals surface area contributed by atoms with Crippen molar-refractivity contribution in [2.75, 3.05) is 5.32 Å². The number of pyridine rings is 1. The Morgan fingerprint density at radius 1 is 1.32 bits per heavy atom. The van der Waals surface area contributed by atoms with Crippen LogP contribution in [0, 0.1) is 0 Å². The van der Waals surface area contributed by atoms with Crippen LogP contribution in [0.15, 0.2) is 18.2 Å². The van der Waals surface area contributed by atoms with Crippen molar-refractivity contribution in [2.45, 2.75) is 39.1 Å². The molecule has 106 valence electrons. The molecule has 1 atom stereocenters. The summed E-state index contributed by atoms with van der Waals surface area (Å²) in [7, 11) is 0. The first-order chi connectivity index (χ1) is 8.70. The molecule has 7 heteroatoms. The Morgan fingerprint density at radius 2 is 1.95 bits per heavy atom. The van der Waals surface area contributed by atoms with Crippen molar-refractivity contribution in [3.63, 3.8) is 0 Å². The number of nitrogens with zero attached hydrogens (tertiary/aromatic N) is 1. The van der Waals surface area contributed by atoms with Gasteiger partial charge in [0.05, 0.1) is 0 Å². The highest BCUT2D eigenvalue weighted by molar-refractivity contribution is 5.87. The van der Waals surface area contributed by atoms with Gasteiger partial charge in [0.25, 0.3) is 0 Å². The van der Waals surface area contributed by atoms with Crippen molar-refractivity contribution < 1.29 is 22.7 Å². The third kappa shape index (κ3) is 4.76. The Balaban J connectivity index is 2.77. The van der Waals surface area contributed by atoms with E-state index in [-0.39, 0.29) is 11.7 Å². The number of nitrogens with one attached hydrogen (secondary N) is 1. The Morgan fingerprint density at radius 3 is 2.47 bits per heavy atom. The number of carbonyl (C=O) groups is 1. The second-order valence-corrected chi connectivity index (χ2v) is 4.30. The number of rotatable bonds is 4. The van der Waals surface area contributed by atoms with Gasteiger partial charge in [-0.2, -0.15) is 13.2 Å². The highest BCUT2D eigenvalue weighted by Gasteiger charge is 2.39. The molecule has 0 aromatic carbocycles. The van der Waals surface area contributed by atoms with E-state index in [1.165, 1.54) is 12.1 Å². The monoisotopic (exact) mass is 276 g/mol. The fourth-order valence-corrected chi connectivity index (χ4v) is 1.21. The molecule has 0 aliphatic heterocycles. The summed E-state index contributed by atoms with van der Waals surface area (Å²) in [5.74, 6) is -0.693. The maximum Gasteiger partial charge on any atom is 0.425 e. The van der Waals surface area contributed by atoms with Gasteiger partial charge < -0.3 is 10.1 Å². The molecule has 1 unspecified atom stereocenters. The topological polar surface area (TPSA) is 51.2 Å². The van der Waals surface area contributed by atoms with Gasteiger partial charge in [-0.1, -0.05) is 6.07 Å². The maximum absolute atomic E-state index is 12.3. The summed E-state index contributed by atoms with van der Waals surface area (Å²) in [4.78, 5) is 15.4. The highest BCUT2D eigenvalue weighted by Crippen LogP contribution is 2.23. The molecule has 0 radical (unpaired) electrons. The van der Waals surface area contributed by atoms with E-state index in [4.69, 9.17) is 0 Å². The third-order valence-corrected chi connectivity index (χ3v) is 2.14. The highest BCUT2D eigenvalue weighted by atomic mass is 19.4. The van der Waals surface area contributed by atoms with Crippen molar-refractivity contribution in [1.29, 1.82) is 0 Å². The van der Waals surface area contributed by atoms with E-state index in [1.54, 1.807) is 6.07 Å². The quantitative estimate of drug-likeness (QED) is 0.859. The summed E-state index contributed by atoms with van der Waals surface area (Å²) in [6.07, 6.45) is -6.74. The van der Waals surface area contributed by atoms with Crippen LogP contribution in [0.3, 0.4) is 0 Å². The lowest BCUT2D eigenvalue weighted by atomic mass is 10.3. The molecule has 0 saturated heterocycles. The molecule has 1 heterocycles. The smallest absolute Gasteiger partial charge is 0.425 e. The second-order valence-electron chi connectivity index (χ2n) is 4.30. The Kier molecular flexibility index (Phi) is 4.74. The van der Waals surface area contributed by atoms with Gasteiger partial charge in [-0.3, -0.25) is 0 Å². The molecular formula is C12H15F3N2O2. The van der Waals surface area contributed by atoms with Gasteiger partial charge in [0.2, 0.25) is 0 Å². The number of hydrogen-bond acceptors (Lipinski definition) is 4. The molecular weight excluding hydrogens is 261 g/mol. The number of carbonyl (C=O) groups excluding carboxylic acids is 1. The normalized spacial score (nSPS) is 13.2. The van der Waals surface area contributed by atoms with Gasteiger partial charge in [0.1, 0.15) is 5.82 Å². The minimum Gasteiger partial charge on any atom is -0.448 e. The number of aromatic nitrogens is 1. The lowest BCUT2D eigenvalue weighted by molar-refractivity contribution is -0.198. The van der Waals surface area contributed by atoms with Gasteiger partial charge in [-0.05, 0) is 32.9 Å². The molecule has 1 rings (SSSR count). The van der Waals surface area contributed by atoms with Gasteiger partial charge in [-0.15, -0.1) is 0 Å². The van der Waals surface area contributed by atoms with Gasteiger partial charge >= 0.3 is 12.1 Å². The van der Waals surface area contributed by atoms with Crippen LogP contribution < -0.4 is 5.32 Å². The number of esters is 1. The van der Waals surface area contributed by atoms with E-state index >= 15 is 0 Å². The van der Waals surface area contributed by atoms with Gasteiger partial charge in [0.15, 0.2) is 11.8 Å². The Labute approximate surface area is 109 Å².